The highest BCUT2D eigenvalue weighted by Crippen LogP contribution is 2.25. The zero-order chi connectivity index (χ0) is 15.4. The maximum absolute atomic E-state index is 12.5. The fourth-order valence-corrected chi connectivity index (χ4v) is 2.83. The second kappa shape index (κ2) is 7.15. The van der Waals surface area contributed by atoms with Crippen molar-refractivity contribution < 1.29 is 19.4 Å². The predicted molar refractivity (Wildman–Crippen MR) is 81.1 cm³/mol. The third-order valence-corrected chi connectivity index (χ3v) is 4.29. The van der Waals surface area contributed by atoms with E-state index >= 15 is 0 Å². The zero-order valence-electron chi connectivity index (χ0n) is 11.5. The lowest BCUT2D eigenvalue weighted by Crippen LogP contribution is -2.46. The largest absolute Gasteiger partial charge is 0.481 e. The molecule has 1 aromatic rings. The summed E-state index contributed by atoms with van der Waals surface area (Å²) in [6.07, 6.45) is 1.35. The molecule has 1 heterocycles. The molecule has 1 unspecified atom stereocenters. The fraction of sp³-hybridized carbons (Fsp3) is 0.429. The van der Waals surface area contributed by atoms with Crippen LogP contribution in [0, 0.1) is 0 Å². The van der Waals surface area contributed by atoms with Crippen molar-refractivity contribution in [3.63, 3.8) is 0 Å². The van der Waals surface area contributed by atoms with Crippen LogP contribution in [-0.2, 0) is 9.53 Å². The highest BCUT2D eigenvalue weighted by atomic mass is 35.5. The van der Waals surface area contributed by atoms with Crippen LogP contribution in [0.2, 0.25) is 5.02 Å². The molecule has 1 aliphatic rings. The van der Waals surface area contributed by atoms with Crippen molar-refractivity contribution in [2.24, 2.45) is 0 Å². The summed E-state index contributed by atoms with van der Waals surface area (Å²) < 4.78 is 5.37. The van der Waals surface area contributed by atoms with Crippen LogP contribution in [-0.4, -0.2) is 53.9 Å². The molecule has 114 valence electrons. The Balaban J connectivity index is 2.13. The Bertz CT molecular complexity index is 552. The SMILES string of the molecule is CSc1ccc(Cl)c(C(=O)N2CCOC(CC(=O)O)C2)c1. The van der Waals surface area contributed by atoms with Gasteiger partial charge in [-0.25, -0.2) is 0 Å². The number of aliphatic carboxylic acids is 1. The number of thioether (sulfide) groups is 1. The molecule has 5 nitrogen and oxygen atoms in total. The Morgan fingerprint density at radius 3 is 2.95 bits per heavy atom. The molecule has 1 aromatic carbocycles. The van der Waals surface area contributed by atoms with E-state index in [9.17, 15) is 9.59 Å². The Labute approximate surface area is 132 Å². The van der Waals surface area contributed by atoms with Crippen LogP contribution in [0.5, 0.6) is 0 Å². The second-order valence-electron chi connectivity index (χ2n) is 4.69. The van der Waals surface area contributed by atoms with Gasteiger partial charge in [-0.1, -0.05) is 11.6 Å². The summed E-state index contributed by atoms with van der Waals surface area (Å²) in [6, 6.07) is 5.32. The highest BCUT2D eigenvalue weighted by molar-refractivity contribution is 7.98. The minimum absolute atomic E-state index is 0.109. The van der Waals surface area contributed by atoms with Gasteiger partial charge in [0.25, 0.3) is 5.91 Å². The monoisotopic (exact) mass is 329 g/mol. The first-order chi connectivity index (χ1) is 10.0. The number of hydrogen-bond acceptors (Lipinski definition) is 4. The van der Waals surface area contributed by atoms with E-state index in [1.54, 1.807) is 17.0 Å². The number of rotatable bonds is 4. The average Bonchev–Trinajstić information content (AvgIpc) is 2.46. The first-order valence-electron chi connectivity index (χ1n) is 6.47. The first kappa shape index (κ1) is 16.1. The van der Waals surface area contributed by atoms with Crippen molar-refractivity contribution in [3.8, 4) is 0 Å². The molecule has 1 amide bonds. The normalized spacial score (nSPS) is 18.6. The van der Waals surface area contributed by atoms with Crippen molar-refractivity contribution in [1.29, 1.82) is 0 Å². The predicted octanol–water partition coefficient (Wildman–Crippen LogP) is 2.38. The second-order valence-corrected chi connectivity index (χ2v) is 5.97. The number of nitrogens with zero attached hydrogens (tertiary/aromatic N) is 1. The van der Waals surface area contributed by atoms with E-state index in [0.29, 0.717) is 23.7 Å². The molecule has 1 atom stereocenters. The number of benzene rings is 1. The molecule has 0 bridgehead atoms. The summed E-state index contributed by atoms with van der Waals surface area (Å²) in [7, 11) is 0. The van der Waals surface area contributed by atoms with Crippen molar-refractivity contribution in [3.05, 3.63) is 28.8 Å². The van der Waals surface area contributed by atoms with Gasteiger partial charge >= 0.3 is 5.97 Å². The van der Waals surface area contributed by atoms with E-state index in [0.717, 1.165) is 4.90 Å². The lowest BCUT2D eigenvalue weighted by atomic mass is 10.1. The summed E-state index contributed by atoms with van der Waals surface area (Å²) in [5, 5.41) is 9.21. The quantitative estimate of drug-likeness (QED) is 0.859. The van der Waals surface area contributed by atoms with E-state index in [1.807, 2.05) is 12.3 Å². The average molecular weight is 330 g/mol. The molecule has 1 saturated heterocycles. The molecule has 0 saturated carbocycles. The number of carbonyl (C=O) groups is 2. The Kier molecular flexibility index (Phi) is 5.50. The van der Waals surface area contributed by atoms with Crippen LogP contribution in [0.4, 0.5) is 0 Å². The van der Waals surface area contributed by atoms with Crippen LogP contribution in [0.25, 0.3) is 0 Å². The van der Waals surface area contributed by atoms with Gasteiger partial charge in [-0.15, -0.1) is 11.8 Å². The molecule has 1 aliphatic heterocycles. The van der Waals surface area contributed by atoms with Crippen LogP contribution < -0.4 is 0 Å². The minimum Gasteiger partial charge on any atom is -0.481 e. The van der Waals surface area contributed by atoms with E-state index < -0.39 is 12.1 Å². The van der Waals surface area contributed by atoms with Crippen LogP contribution >= 0.6 is 23.4 Å². The van der Waals surface area contributed by atoms with Gasteiger partial charge in [0.2, 0.25) is 0 Å². The number of amides is 1. The topological polar surface area (TPSA) is 66.8 Å². The first-order valence-corrected chi connectivity index (χ1v) is 8.07. The van der Waals surface area contributed by atoms with E-state index in [1.165, 1.54) is 11.8 Å². The molecule has 1 N–H and O–H groups in total. The van der Waals surface area contributed by atoms with Crippen molar-refractivity contribution in [2.45, 2.75) is 17.4 Å². The van der Waals surface area contributed by atoms with Gasteiger partial charge in [0.05, 0.1) is 29.7 Å². The van der Waals surface area contributed by atoms with Crippen molar-refractivity contribution in [1.82, 2.24) is 4.90 Å². The number of carboxylic acids is 1. The fourth-order valence-electron chi connectivity index (χ4n) is 2.19. The van der Waals surface area contributed by atoms with Crippen LogP contribution in [0.15, 0.2) is 23.1 Å². The van der Waals surface area contributed by atoms with Gasteiger partial charge in [-0.2, -0.15) is 0 Å². The Morgan fingerprint density at radius 1 is 1.52 bits per heavy atom. The summed E-state index contributed by atoms with van der Waals surface area (Å²) in [4.78, 5) is 25.8. The number of carboxylic acid groups (broad SMARTS) is 1. The standard InChI is InChI=1S/C14H16ClNO4S/c1-21-10-2-3-12(15)11(7-10)14(19)16-4-5-20-9(8-16)6-13(17)18/h2-3,7,9H,4-6,8H2,1H3,(H,17,18). The lowest BCUT2D eigenvalue weighted by Gasteiger charge is -2.32. The van der Waals surface area contributed by atoms with E-state index in [-0.39, 0.29) is 18.9 Å². The van der Waals surface area contributed by atoms with Crippen molar-refractivity contribution >= 4 is 35.2 Å². The summed E-state index contributed by atoms with van der Waals surface area (Å²) >= 11 is 7.64. The molecular weight excluding hydrogens is 314 g/mol. The third kappa shape index (κ3) is 4.12. The number of halogens is 1. The van der Waals surface area contributed by atoms with Crippen LogP contribution in [0.1, 0.15) is 16.8 Å². The van der Waals surface area contributed by atoms with Gasteiger partial charge in [0.1, 0.15) is 0 Å². The molecule has 7 heteroatoms. The molecule has 0 spiro atoms. The maximum Gasteiger partial charge on any atom is 0.306 e. The highest BCUT2D eigenvalue weighted by Gasteiger charge is 2.27. The summed E-state index contributed by atoms with van der Waals surface area (Å²) in [6.45, 7) is 1.04. The van der Waals surface area contributed by atoms with Crippen molar-refractivity contribution in [2.75, 3.05) is 26.0 Å². The van der Waals surface area contributed by atoms with Gasteiger partial charge in [0, 0.05) is 18.0 Å². The van der Waals surface area contributed by atoms with Crippen LogP contribution in [0.3, 0.4) is 0 Å². The van der Waals surface area contributed by atoms with E-state index in [4.69, 9.17) is 21.4 Å². The molecule has 0 radical (unpaired) electrons. The van der Waals surface area contributed by atoms with Gasteiger partial charge < -0.3 is 14.7 Å². The lowest BCUT2D eigenvalue weighted by molar-refractivity contribution is -0.141. The summed E-state index contributed by atoms with van der Waals surface area (Å²) in [5.41, 5.74) is 0.444. The third-order valence-electron chi connectivity index (χ3n) is 3.23. The maximum atomic E-state index is 12.5. The molecule has 2 rings (SSSR count). The summed E-state index contributed by atoms with van der Waals surface area (Å²) in [5.74, 6) is -1.12. The number of ether oxygens (including phenoxy) is 1. The zero-order valence-corrected chi connectivity index (χ0v) is 13.1. The Morgan fingerprint density at radius 2 is 2.29 bits per heavy atom. The molecule has 1 fully saturated rings. The minimum atomic E-state index is -0.934. The molecule has 0 aromatic heterocycles. The van der Waals surface area contributed by atoms with Gasteiger partial charge in [-0.3, -0.25) is 9.59 Å². The molecule has 21 heavy (non-hydrogen) atoms. The van der Waals surface area contributed by atoms with Gasteiger partial charge in [0.15, 0.2) is 0 Å². The smallest absolute Gasteiger partial charge is 0.306 e. The number of carbonyl (C=O) groups excluding carboxylic acids is 1. The van der Waals surface area contributed by atoms with E-state index in [2.05, 4.69) is 0 Å². The molecular formula is C14H16ClNO4S. The van der Waals surface area contributed by atoms with Gasteiger partial charge in [-0.05, 0) is 24.5 Å². The molecule has 0 aliphatic carbocycles. The Hall–Kier alpha value is -1.24. The number of hydrogen-bond donors (Lipinski definition) is 1. The number of morpholine rings is 1.